The van der Waals surface area contributed by atoms with E-state index in [2.05, 4.69) is 29.2 Å². The maximum Gasteiger partial charge on any atom is 0.269 e. The van der Waals surface area contributed by atoms with E-state index in [1.807, 2.05) is 6.07 Å². The summed E-state index contributed by atoms with van der Waals surface area (Å²) in [6.45, 7) is 3.08. The van der Waals surface area contributed by atoms with Crippen LogP contribution in [0.3, 0.4) is 0 Å². The second kappa shape index (κ2) is 9.98. The van der Waals surface area contributed by atoms with Crippen LogP contribution in [0.2, 0.25) is 0 Å². The Balaban J connectivity index is 1.37. The summed E-state index contributed by atoms with van der Waals surface area (Å²) < 4.78 is 24.8. The first-order valence-corrected chi connectivity index (χ1v) is 11.8. The second-order valence-corrected chi connectivity index (χ2v) is 9.86. The van der Waals surface area contributed by atoms with Gasteiger partial charge in [-0.3, -0.25) is 10.1 Å². The molecule has 2 aromatic carbocycles. The molecule has 156 valence electrons. The molecule has 6 nitrogen and oxygen atoms in total. The van der Waals surface area contributed by atoms with E-state index >= 15 is 0 Å². The monoisotopic (exact) mass is 416 g/mol. The molecule has 0 aliphatic carbocycles. The van der Waals surface area contributed by atoms with Crippen molar-refractivity contribution in [3.05, 3.63) is 70.3 Å². The van der Waals surface area contributed by atoms with Gasteiger partial charge in [0, 0.05) is 12.1 Å². The molecule has 29 heavy (non-hydrogen) atoms. The molecule has 1 saturated heterocycles. The molecule has 0 saturated carbocycles. The fourth-order valence-electron chi connectivity index (χ4n) is 3.88. The Morgan fingerprint density at radius 1 is 0.966 bits per heavy atom. The first-order chi connectivity index (χ1) is 13.9. The molecule has 0 N–H and O–H groups in total. The summed E-state index contributed by atoms with van der Waals surface area (Å²) in [5.74, 6) is 0.811. The van der Waals surface area contributed by atoms with Crippen molar-refractivity contribution in [1.82, 2.24) is 4.90 Å². The number of sulfone groups is 1. The lowest BCUT2D eigenvalue weighted by atomic mass is 9.90. The number of benzene rings is 2. The minimum absolute atomic E-state index is 0.0787. The Kier molecular flexibility index (Phi) is 7.39. The van der Waals surface area contributed by atoms with Gasteiger partial charge >= 0.3 is 0 Å². The van der Waals surface area contributed by atoms with Gasteiger partial charge in [-0.15, -0.1) is 0 Å². The van der Waals surface area contributed by atoms with Crippen molar-refractivity contribution in [1.29, 1.82) is 0 Å². The first kappa shape index (κ1) is 21.5. The normalized spacial score (nSPS) is 16.0. The summed E-state index contributed by atoms with van der Waals surface area (Å²) in [6.07, 6.45) is 4.97. The number of non-ortho nitro benzene ring substituents is 1. The highest BCUT2D eigenvalue weighted by atomic mass is 32.2. The first-order valence-electron chi connectivity index (χ1n) is 10.2. The number of nitrogens with zero attached hydrogens (tertiary/aromatic N) is 2. The zero-order valence-electron chi connectivity index (χ0n) is 16.6. The lowest BCUT2D eigenvalue weighted by molar-refractivity contribution is -0.384. The fourth-order valence-corrected chi connectivity index (χ4v) is 5.25. The van der Waals surface area contributed by atoms with E-state index < -0.39 is 14.8 Å². The third-order valence-electron chi connectivity index (χ3n) is 5.62. The number of nitro benzene ring substituents is 1. The van der Waals surface area contributed by atoms with Crippen LogP contribution >= 0.6 is 0 Å². The van der Waals surface area contributed by atoms with Gasteiger partial charge in [0.25, 0.3) is 5.69 Å². The highest BCUT2D eigenvalue weighted by Gasteiger charge is 2.20. The van der Waals surface area contributed by atoms with Gasteiger partial charge in [0.05, 0.1) is 15.6 Å². The van der Waals surface area contributed by atoms with Crippen molar-refractivity contribution < 1.29 is 13.3 Å². The van der Waals surface area contributed by atoms with Gasteiger partial charge in [-0.1, -0.05) is 30.3 Å². The average Bonchev–Trinajstić information content (AvgIpc) is 2.73. The lowest BCUT2D eigenvalue weighted by Gasteiger charge is -2.32. The zero-order valence-corrected chi connectivity index (χ0v) is 17.4. The molecule has 1 heterocycles. The smallest absolute Gasteiger partial charge is 0.269 e. The summed E-state index contributed by atoms with van der Waals surface area (Å²) in [5.41, 5.74) is 1.31. The highest BCUT2D eigenvalue weighted by molar-refractivity contribution is 7.91. The summed E-state index contributed by atoms with van der Waals surface area (Å²) in [7, 11) is -3.39. The lowest BCUT2D eigenvalue weighted by Crippen LogP contribution is -2.35. The third kappa shape index (κ3) is 6.37. The molecule has 3 rings (SSSR count). The van der Waals surface area contributed by atoms with Crippen LogP contribution in [0.4, 0.5) is 5.69 Å². The number of hydrogen-bond donors (Lipinski definition) is 0. The summed E-state index contributed by atoms with van der Waals surface area (Å²) in [4.78, 5) is 12.7. The van der Waals surface area contributed by atoms with Crippen molar-refractivity contribution in [2.24, 2.45) is 5.92 Å². The summed E-state index contributed by atoms with van der Waals surface area (Å²) in [5, 5.41) is 10.7. The average molecular weight is 417 g/mol. The number of piperidine rings is 1. The van der Waals surface area contributed by atoms with Crippen molar-refractivity contribution >= 4 is 15.5 Å². The van der Waals surface area contributed by atoms with Gasteiger partial charge in [-0.25, -0.2) is 8.42 Å². The largest absolute Gasteiger partial charge is 0.303 e. The molecule has 1 fully saturated rings. The third-order valence-corrected chi connectivity index (χ3v) is 7.43. The van der Waals surface area contributed by atoms with Crippen LogP contribution < -0.4 is 0 Å². The Morgan fingerprint density at radius 3 is 2.24 bits per heavy atom. The van der Waals surface area contributed by atoms with Gasteiger partial charge in [0.15, 0.2) is 9.84 Å². The second-order valence-electron chi connectivity index (χ2n) is 7.75. The van der Waals surface area contributed by atoms with E-state index in [1.165, 1.54) is 42.7 Å². The van der Waals surface area contributed by atoms with Crippen LogP contribution in [-0.4, -0.2) is 43.6 Å². The molecule has 0 unspecified atom stereocenters. The maximum absolute atomic E-state index is 12.4. The molecule has 7 heteroatoms. The number of hydrogen-bond acceptors (Lipinski definition) is 5. The van der Waals surface area contributed by atoms with E-state index in [4.69, 9.17) is 0 Å². The van der Waals surface area contributed by atoms with E-state index in [-0.39, 0.29) is 16.3 Å². The quantitative estimate of drug-likeness (QED) is 0.349. The van der Waals surface area contributed by atoms with Gasteiger partial charge in [-0.2, -0.15) is 0 Å². The Bertz CT molecular complexity index is 890. The van der Waals surface area contributed by atoms with Crippen LogP contribution in [0, 0.1) is 16.0 Å². The van der Waals surface area contributed by atoms with Gasteiger partial charge < -0.3 is 4.90 Å². The van der Waals surface area contributed by atoms with Crippen LogP contribution in [0.15, 0.2) is 59.5 Å². The SMILES string of the molecule is O=[N+]([O-])c1ccc(S(=O)(=O)CCCCN2CCC(Cc3ccccc3)CC2)cc1. The molecule has 0 bridgehead atoms. The molecule has 0 radical (unpaired) electrons. The molecule has 0 aromatic heterocycles. The Hall–Kier alpha value is -2.25. The standard InChI is InChI=1S/C22H28N2O4S/c25-24(26)21-8-10-22(11-9-21)29(27,28)17-5-4-14-23-15-12-20(13-16-23)18-19-6-2-1-3-7-19/h1-3,6-11,20H,4-5,12-18H2. The number of likely N-dealkylation sites (tertiary alicyclic amines) is 1. The van der Waals surface area contributed by atoms with Crippen molar-refractivity contribution in [3.63, 3.8) is 0 Å². The zero-order chi connectivity index (χ0) is 20.7. The van der Waals surface area contributed by atoms with Crippen molar-refractivity contribution in [2.75, 3.05) is 25.4 Å². The molecular weight excluding hydrogens is 388 g/mol. The minimum atomic E-state index is -3.39. The van der Waals surface area contributed by atoms with Crippen LogP contribution in [0.25, 0.3) is 0 Å². The summed E-state index contributed by atoms with van der Waals surface area (Å²) >= 11 is 0. The molecule has 1 aliphatic heterocycles. The Morgan fingerprint density at radius 2 is 1.62 bits per heavy atom. The van der Waals surface area contributed by atoms with Gasteiger partial charge in [0.1, 0.15) is 0 Å². The molecule has 0 spiro atoms. The predicted molar refractivity (Wildman–Crippen MR) is 114 cm³/mol. The van der Waals surface area contributed by atoms with Crippen LogP contribution in [-0.2, 0) is 16.3 Å². The maximum atomic E-state index is 12.4. The van der Waals surface area contributed by atoms with E-state index in [0.29, 0.717) is 6.42 Å². The minimum Gasteiger partial charge on any atom is -0.303 e. The Labute approximate surface area is 172 Å². The number of rotatable bonds is 9. The van der Waals surface area contributed by atoms with Crippen molar-refractivity contribution in [2.45, 2.75) is 37.0 Å². The molecule has 1 aliphatic rings. The van der Waals surface area contributed by atoms with Crippen molar-refractivity contribution in [3.8, 4) is 0 Å². The van der Waals surface area contributed by atoms with Crippen LogP contribution in [0.1, 0.15) is 31.2 Å². The van der Waals surface area contributed by atoms with E-state index in [1.54, 1.807) is 0 Å². The topological polar surface area (TPSA) is 80.5 Å². The number of nitro groups is 1. The summed E-state index contributed by atoms with van der Waals surface area (Å²) in [6, 6.07) is 15.8. The molecular formula is C22H28N2O4S. The van der Waals surface area contributed by atoms with E-state index in [9.17, 15) is 18.5 Å². The van der Waals surface area contributed by atoms with Crippen LogP contribution in [0.5, 0.6) is 0 Å². The van der Waals surface area contributed by atoms with Gasteiger partial charge in [-0.05, 0) is 75.4 Å². The molecule has 0 atom stereocenters. The number of unbranched alkanes of at least 4 members (excludes halogenated alkanes) is 1. The molecule has 2 aromatic rings. The fraction of sp³-hybridized carbons (Fsp3) is 0.455. The van der Waals surface area contributed by atoms with Gasteiger partial charge in [0.2, 0.25) is 0 Å². The predicted octanol–water partition coefficient (Wildman–Crippen LogP) is 4.10. The molecule has 0 amide bonds. The van der Waals surface area contributed by atoms with E-state index in [0.717, 1.165) is 38.4 Å². The highest BCUT2D eigenvalue weighted by Crippen LogP contribution is 2.22.